The van der Waals surface area contributed by atoms with E-state index in [-0.39, 0.29) is 5.41 Å². The molecule has 0 unspecified atom stereocenters. The number of benzene rings is 1. The lowest BCUT2D eigenvalue weighted by atomic mass is 9.95. The Morgan fingerprint density at radius 3 is 2.24 bits per heavy atom. The van der Waals surface area contributed by atoms with Crippen molar-refractivity contribution in [3.63, 3.8) is 0 Å². The molecule has 3 N–H and O–H groups in total. The predicted molar refractivity (Wildman–Crippen MR) is 89.0 cm³/mol. The van der Waals surface area contributed by atoms with Crippen LogP contribution >= 0.6 is 0 Å². The molecule has 0 bridgehead atoms. The molecule has 1 aromatic carbocycles. The van der Waals surface area contributed by atoms with E-state index in [1.54, 1.807) is 0 Å². The Labute approximate surface area is 126 Å². The maximum absolute atomic E-state index is 6.03. The summed E-state index contributed by atoms with van der Waals surface area (Å²) in [5.41, 5.74) is 9.09. The van der Waals surface area contributed by atoms with Gasteiger partial charge in [0, 0.05) is 16.7 Å². The Balaban J connectivity index is 2.36. The van der Waals surface area contributed by atoms with Gasteiger partial charge in [0.25, 0.3) is 0 Å². The van der Waals surface area contributed by atoms with E-state index in [0.717, 1.165) is 29.3 Å². The van der Waals surface area contributed by atoms with Crippen LogP contribution in [0.15, 0.2) is 24.3 Å². The summed E-state index contributed by atoms with van der Waals surface area (Å²) in [6.45, 7) is 10.3. The first kappa shape index (κ1) is 15.3. The molecule has 112 valence electrons. The van der Waals surface area contributed by atoms with Gasteiger partial charge in [0.2, 0.25) is 0 Å². The molecular weight excluding hydrogens is 260 g/mol. The van der Waals surface area contributed by atoms with Crippen molar-refractivity contribution in [1.29, 1.82) is 0 Å². The summed E-state index contributed by atoms with van der Waals surface area (Å²) in [4.78, 5) is 9.04. The van der Waals surface area contributed by atoms with Crippen molar-refractivity contribution in [3.05, 3.63) is 41.2 Å². The second kappa shape index (κ2) is 5.72. The van der Waals surface area contributed by atoms with Gasteiger partial charge in [-0.15, -0.1) is 0 Å². The van der Waals surface area contributed by atoms with Crippen molar-refractivity contribution >= 4 is 17.3 Å². The van der Waals surface area contributed by atoms with Crippen LogP contribution in [0.3, 0.4) is 0 Å². The highest BCUT2D eigenvalue weighted by molar-refractivity contribution is 5.64. The molecule has 0 aliphatic rings. The van der Waals surface area contributed by atoms with E-state index in [0.29, 0.717) is 5.82 Å². The summed E-state index contributed by atoms with van der Waals surface area (Å²) in [5, 5.41) is 3.35. The third kappa shape index (κ3) is 3.51. The van der Waals surface area contributed by atoms with Crippen LogP contribution in [0, 0.1) is 6.92 Å². The highest BCUT2D eigenvalue weighted by Crippen LogP contribution is 2.26. The second-order valence-corrected chi connectivity index (χ2v) is 6.33. The average Bonchev–Trinajstić information content (AvgIpc) is 2.43. The summed E-state index contributed by atoms with van der Waals surface area (Å²) in [6, 6.07) is 8.36. The minimum Gasteiger partial charge on any atom is -0.383 e. The van der Waals surface area contributed by atoms with Crippen LogP contribution in [0.1, 0.15) is 44.6 Å². The normalized spacial score (nSPS) is 11.5. The molecular formula is C17H24N4. The maximum Gasteiger partial charge on any atom is 0.139 e. The quantitative estimate of drug-likeness (QED) is 0.895. The van der Waals surface area contributed by atoms with E-state index in [9.17, 15) is 0 Å². The van der Waals surface area contributed by atoms with Gasteiger partial charge in [-0.05, 0) is 31.0 Å². The maximum atomic E-state index is 6.03. The van der Waals surface area contributed by atoms with Crippen LogP contribution in [0.25, 0.3) is 0 Å². The monoisotopic (exact) mass is 284 g/mol. The van der Waals surface area contributed by atoms with Gasteiger partial charge in [0.15, 0.2) is 0 Å². The van der Waals surface area contributed by atoms with Crippen molar-refractivity contribution in [3.8, 4) is 0 Å². The fourth-order valence-electron chi connectivity index (χ4n) is 1.95. The first-order valence-electron chi connectivity index (χ1n) is 7.32. The summed E-state index contributed by atoms with van der Waals surface area (Å²) in [6.07, 6.45) is 1.04. The van der Waals surface area contributed by atoms with Crippen molar-refractivity contribution in [2.24, 2.45) is 0 Å². The zero-order valence-electron chi connectivity index (χ0n) is 13.5. The lowest BCUT2D eigenvalue weighted by molar-refractivity contribution is 0.546. The largest absolute Gasteiger partial charge is 0.383 e. The minimum atomic E-state index is -0.135. The van der Waals surface area contributed by atoms with E-state index >= 15 is 0 Å². The fraction of sp³-hybridized carbons (Fsp3) is 0.412. The van der Waals surface area contributed by atoms with Crippen LogP contribution in [-0.4, -0.2) is 9.97 Å². The third-order valence-corrected chi connectivity index (χ3v) is 3.48. The number of nitrogens with zero attached hydrogens (tertiary/aromatic N) is 2. The number of aromatic nitrogens is 2. The van der Waals surface area contributed by atoms with Gasteiger partial charge in [-0.2, -0.15) is 0 Å². The van der Waals surface area contributed by atoms with Gasteiger partial charge in [-0.25, -0.2) is 9.97 Å². The summed E-state index contributed by atoms with van der Waals surface area (Å²) in [5.74, 6) is 2.05. The zero-order chi connectivity index (χ0) is 15.6. The fourth-order valence-corrected chi connectivity index (χ4v) is 1.95. The molecule has 1 aromatic heterocycles. The number of nitrogens with one attached hydrogen (secondary N) is 1. The van der Waals surface area contributed by atoms with E-state index in [1.807, 2.05) is 6.92 Å². The predicted octanol–water partition coefficient (Wildman–Crippen LogP) is 3.97. The van der Waals surface area contributed by atoms with Crippen LogP contribution in [0.2, 0.25) is 0 Å². The van der Waals surface area contributed by atoms with E-state index < -0.39 is 0 Å². The smallest absolute Gasteiger partial charge is 0.139 e. The molecule has 0 atom stereocenters. The SMILES string of the molecule is CCc1ccc(Nc2nc(C(C)(C)C)nc(N)c2C)cc1. The van der Waals surface area contributed by atoms with Gasteiger partial charge >= 0.3 is 0 Å². The molecule has 4 nitrogen and oxygen atoms in total. The topological polar surface area (TPSA) is 63.8 Å². The van der Waals surface area contributed by atoms with E-state index in [1.165, 1.54) is 5.56 Å². The highest BCUT2D eigenvalue weighted by Gasteiger charge is 2.20. The number of aryl methyl sites for hydroxylation is 1. The molecule has 2 aromatic rings. The zero-order valence-corrected chi connectivity index (χ0v) is 13.5. The molecule has 4 heteroatoms. The number of hydrogen-bond acceptors (Lipinski definition) is 4. The van der Waals surface area contributed by atoms with Gasteiger partial charge in [0.1, 0.15) is 17.5 Å². The Bertz CT molecular complexity index is 624. The molecule has 0 aliphatic heterocycles. The van der Waals surface area contributed by atoms with Gasteiger partial charge < -0.3 is 11.1 Å². The number of hydrogen-bond donors (Lipinski definition) is 2. The molecule has 0 saturated heterocycles. The van der Waals surface area contributed by atoms with Crippen molar-refractivity contribution in [1.82, 2.24) is 9.97 Å². The molecule has 0 aliphatic carbocycles. The van der Waals surface area contributed by atoms with Crippen LogP contribution in [-0.2, 0) is 11.8 Å². The summed E-state index contributed by atoms with van der Waals surface area (Å²) in [7, 11) is 0. The van der Waals surface area contributed by atoms with Crippen molar-refractivity contribution in [2.75, 3.05) is 11.1 Å². The average molecular weight is 284 g/mol. The first-order valence-corrected chi connectivity index (χ1v) is 7.32. The van der Waals surface area contributed by atoms with Gasteiger partial charge in [-0.1, -0.05) is 39.8 Å². The van der Waals surface area contributed by atoms with Crippen LogP contribution in [0.5, 0.6) is 0 Å². The van der Waals surface area contributed by atoms with Gasteiger partial charge in [0.05, 0.1) is 0 Å². The third-order valence-electron chi connectivity index (χ3n) is 3.48. The van der Waals surface area contributed by atoms with Crippen molar-refractivity contribution in [2.45, 2.75) is 46.5 Å². The molecule has 1 heterocycles. The van der Waals surface area contributed by atoms with E-state index in [4.69, 9.17) is 5.73 Å². The summed E-state index contributed by atoms with van der Waals surface area (Å²) >= 11 is 0. The Morgan fingerprint density at radius 2 is 1.71 bits per heavy atom. The number of nitrogens with two attached hydrogens (primary N) is 1. The number of anilines is 3. The Morgan fingerprint density at radius 1 is 1.10 bits per heavy atom. The lowest BCUT2D eigenvalue weighted by Gasteiger charge is -2.20. The molecule has 2 rings (SSSR count). The van der Waals surface area contributed by atoms with Crippen LogP contribution in [0.4, 0.5) is 17.3 Å². The summed E-state index contributed by atoms with van der Waals surface area (Å²) < 4.78 is 0. The van der Waals surface area contributed by atoms with E-state index in [2.05, 4.69) is 67.2 Å². The highest BCUT2D eigenvalue weighted by atomic mass is 15.1. The standard InChI is InChI=1S/C17H24N4/c1-6-12-7-9-13(10-8-12)19-15-11(2)14(18)20-16(21-15)17(3,4)5/h7-10H,6H2,1-5H3,(H3,18,19,20,21). The first-order chi connectivity index (χ1) is 9.81. The number of nitrogen functional groups attached to an aromatic ring is 1. The molecule has 0 fully saturated rings. The molecule has 0 radical (unpaired) electrons. The Hall–Kier alpha value is -2.10. The lowest BCUT2D eigenvalue weighted by Crippen LogP contribution is -2.18. The Kier molecular flexibility index (Phi) is 4.16. The molecule has 0 saturated carbocycles. The number of rotatable bonds is 3. The molecule has 21 heavy (non-hydrogen) atoms. The molecule has 0 amide bonds. The van der Waals surface area contributed by atoms with Gasteiger partial charge in [-0.3, -0.25) is 0 Å². The second-order valence-electron chi connectivity index (χ2n) is 6.33. The van der Waals surface area contributed by atoms with Crippen LogP contribution < -0.4 is 11.1 Å². The minimum absolute atomic E-state index is 0.135. The van der Waals surface area contributed by atoms with Crippen molar-refractivity contribution < 1.29 is 0 Å². The molecule has 0 spiro atoms.